The number of benzene rings is 1. The van der Waals surface area contributed by atoms with Gasteiger partial charge in [0.2, 0.25) is 0 Å². The Bertz CT molecular complexity index is 592. The van der Waals surface area contributed by atoms with Crippen molar-refractivity contribution in [1.29, 1.82) is 0 Å². The maximum atomic E-state index is 12.5. The topological polar surface area (TPSA) is 42.9 Å². The molecule has 1 atom stereocenters. The highest BCUT2D eigenvalue weighted by molar-refractivity contribution is 14.0. The smallest absolute Gasteiger partial charge is 0.378 e. The van der Waals surface area contributed by atoms with Crippen molar-refractivity contribution in [1.82, 2.24) is 15.5 Å². The van der Waals surface area contributed by atoms with E-state index in [1.807, 2.05) is 37.2 Å². The summed E-state index contributed by atoms with van der Waals surface area (Å²) in [5.41, 5.74) is 2.22. The Hall–Kier alpha value is -1.23. The van der Waals surface area contributed by atoms with Gasteiger partial charge in [-0.25, -0.2) is 0 Å². The molecule has 9 heteroatoms. The standard InChI is InChI=1S/C17H26F3N5.HI/c1-21-16(22-10-13-5-4-6-15(9-13)24(2)3)23-14-7-8-25(11-14)12-17(18,19)20;/h4-6,9,14H,7-8,10-12H2,1-3H3,(H2,21,22,23);1H. The number of halogens is 4. The highest BCUT2D eigenvalue weighted by Crippen LogP contribution is 2.20. The van der Waals surface area contributed by atoms with Crippen molar-refractivity contribution in [3.8, 4) is 0 Å². The maximum absolute atomic E-state index is 12.5. The van der Waals surface area contributed by atoms with Crippen LogP contribution in [0.15, 0.2) is 29.3 Å². The fourth-order valence-corrected chi connectivity index (χ4v) is 2.87. The van der Waals surface area contributed by atoms with E-state index in [-0.39, 0.29) is 30.0 Å². The van der Waals surface area contributed by atoms with Gasteiger partial charge >= 0.3 is 6.18 Å². The molecule has 148 valence electrons. The molecule has 2 N–H and O–H groups in total. The molecule has 1 saturated heterocycles. The number of rotatable bonds is 5. The molecule has 1 aliphatic rings. The molecule has 2 rings (SSSR count). The van der Waals surface area contributed by atoms with Crippen molar-refractivity contribution >= 4 is 35.6 Å². The highest BCUT2D eigenvalue weighted by atomic mass is 127. The van der Waals surface area contributed by atoms with Crippen molar-refractivity contribution in [2.45, 2.75) is 25.2 Å². The summed E-state index contributed by atoms with van der Waals surface area (Å²) in [5, 5.41) is 6.43. The van der Waals surface area contributed by atoms with Crippen LogP contribution in [0.4, 0.5) is 18.9 Å². The Kier molecular flexibility index (Phi) is 8.94. The monoisotopic (exact) mass is 485 g/mol. The van der Waals surface area contributed by atoms with Crippen molar-refractivity contribution < 1.29 is 13.2 Å². The van der Waals surface area contributed by atoms with Gasteiger partial charge < -0.3 is 15.5 Å². The lowest BCUT2D eigenvalue weighted by atomic mass is 10.2. The van der Waals surface area contributed by atoms with E-state index in [2.05, 4.69) is 21.7 Å². The van der Waals surface area contributed by atoms with Crippen LogP contribution in [-0.2, 0) is 6.54 Å². The largest absolute Gasteiger partial charge is 0.401 e. The summed E-state index contributed by atoms with van der Waals surface area (Å²) in [6, 6.07) is 8.11. The highest BCUT2D eigenvalue weighted by Gasteiger charge is 2.34. The summed E-state index contributed by atoms with van der Waals surface area (Å²) in [5.74, 6) is 0.606. The normalized spacial score (nSPS) is 18.4. The first kappa shape index (κ1) is 22.8. The van der Waals surface area contributed by atoms with Crippen LogP contribution < -0.4 is 15.5 Å². The lowest BCUT2D eigenvalue weighted by Crippen LogP contribution is -2.44. The van der Waals surface area contributed by atoms with E-state index in [0.717, 1.165) is 11.3 Å². The molecular weight excluding hydrogens is 458 g/mol. The average Bonchev–Trinajstić information content (AvgIpc) is 2.96. The Labute approximate surface area is 170 Å². The predicted octanol–water partition coefficient (Wildman–Crippen LogP) is 2.67. The fourth-order valence-electron chi connectivity index (χ4n) is 2.87. The molecule has 5 nitrogen and oxygen atoms in total. The molecule has 0 bridgehead atoms. The van der Waals surface area contributed by atoms with Crippen molar-refractivity contribution in [2.75, 3.05) is 45.7 Å². The minimum absolute atomic E-state index is 0. The van der Waals surface area contributed by atoms with E-state index in [1.165, 1.54) is 4.90 Å². The number of nitrogens with one attached hydrogen (secondary N) is 2. The van der Waals surface area contributed by atoms with Crippen LogP contribution in [0.25, 0.3) is 0 Å². The van der Waals surface area contributed by atoms with E-state index in [4.69, 9.17) is 0 Å². The first-order chi connectivity index (χ1) is 11.8. The van der Waals surface area contributed by atoms with Gasteiger partial charge in [-0.2, -0.15) is 13.2 Å². The van der Waals surface area contributed by atoms with Gasteiger partial charge in [-0.15, -0.1) is 24.0 Å². The third-order valence-electron chi connectivity index (χ3n) is 4.13. The van der Waals surface area contributed by atoms with Crippen LogP contribution in [-0.4, -0.2) is 63.9 Å². The van der Waals surface area contributed by atoms with Gasteiger partial charge in [-0.1, -0.05) is 12.1 Å². The zero-order valence-corrected chi connectivity index (χ0v) is 17.6. The summed E-state index contributed by atoms with van der Waals surface area (Å²) < 4.78 is 37.4. The minimum atomic E-state index is -4.15. The number of alkyl halides is 3. The lowest BCUT2D eigenvalue weighted by Gasteiger charge is -2.20. The Morgan fingerprint density at radius 1 is 1.35 bits per heavy atom. The van der Waals surface area contributed by atoms with Gasteiger partial charge in [0.25, 0.3) is 0 Å². The maximum Gasteiger partial charge on any atom is 0.401 e. The van der Waals surface area contributed by atoms with Gasteiger partial charge in [-0.3, -0.25) is 9.89 Å². The lowest BCUT2D eigenvalue weighted by molar-refractivity contribution is -0.143. The fraction of sp³-hybridized carbons (Fsp3) is 0.588. The number of aliphatic imine (C=N–C) groups is 1. The van der Waals surface area contributed by atoms with E-state index in [1.54, 1.807) is 7.05 Å². The van der Waals surface area contributed by atoms with Crippen LogP contribution in [0, 0.1) is 0 Å². The first-order valence-electron chi connectivity index (χ1n) is 8.29. The summed E-state index contributed by atoms with van der Waals surface area (Å²) in [6.07, 6.45) is -3.47. The molecule has 0 saturated carbocycles. The van der Waals surface area contributed by atoms with Crippen LogP contribution in [0.5, 0.6) is 0 Å². The zero-order valence-electron chi connectivity index (χ0n) is 15.3. The molecular formula is C17H27F3IN5. The zero-order chi connectivity index (χ0) is 18.4. The van der Waals surface area contributed by atoms with Gasteiger partial charge in [0.1, 0.15) is 0 Å². The van der Waals surface area contributed by atoms with Crippen molar-refractivity contribution in [3.05, 3.63) is 29.8 Å². The van der Waals surface area contributed by atoms with E-state index >= 15 is 0 Å². The molecule has 1 unspecified atom stereocenters. The molecule has 1 aliphatic heterocycles. The van der Waals surface area contributed by atoms with Crippen LogP contribution in [0.3, 0.4) is 0 Å². The second-order valence-electron chi connectivity index (χ2n) is 6.47. The van der Waals surface area contributed by atoms with Crippen LogP contribution in [0.2, 0.25) is 0 Å². The van der Waals surface area contributed by atoms with Crippen molar-refractivity contribution in [3.63, 3.8) is 0 Å². The molecule has 0 amide bonds. The minimum Gasteiger partial charge on any atom is -0.378 e. The summed E-state index contributed by atoms with van der Waals surface area (Å²) in [4.78, 5) is 7.62. The molecule has 0 radical (unpaired) electrons. The SMILES string of the molecule is CN=C(NCc1cccc(N(C)C)c1)NC1CCN(CC(F)(F)F)C1.I. The second-order valence-corrected chi connectivity index (χ2v) is 6.47. The van der Waals surface area contributed by atoms with Crippen LogP contribution in [0.1, 0.15) is 12.0 Å². The molecule has 0 aromatic heterocycles. The number of hydrogen-bond donors (Lipinski definition) is 2. The molecule has 0 spiro atoms. The molecule has 1 aromatic rings. The number of likely N-dealkylation sites (tertiary alicyclic amines) is 1. The third kappa shape index (κ3) is 7.56. The van der Waals surface area contributed by atoms with Gasteiger partial charge in [0.05, 0.1) is 6.54 Å². The molecule has 1 heterocycles. The van der Waals surface area contributed by atoms with Gasteiger partial charge in [-0.05, 0) is 24.1 Å². The summed E-state index contributed by atoms with van der Waals surface area (Å²) in [7, 11) is 5.63. The Balaban J connectivity index is 0.00000338. The molecule has 1 aromatic carbocycles. The van der Waals surface area contributed by atoms with E-state index in [0.29, 0.717) is 32.0 Å². The predicted molar refractivity (Wildman–Crippen MR) is 110 cm³/mol. The van der Waals surface area contributed by atoms with Crippen LogP contribution >= 0.6 is 24.0 Å². The summed E-state index contributed by atoms with van der Waals surface area (Å²) >= 11 is 0. The molecule has 26 heavy (non-hydrogen) atoms. The Morgan fingerprint density at radius 2 is 2.08 bits per heavy atom. The van der Waals surface area contributed by atoms with Gasteiger partial charge in [0, 0.05) is 52.5 Å². The Morgan fingerprint density at radius 3 is 2.69 bits per heavy atom. The molecule has 1 fully saturated rings. The van der Waals surface area contributed by atoms with Gasteiger partial charge in [0.15, 0.2) is 5.96 Å². The second kappa shape index (κ2) is 10.2. The summed E-state index contributed by atoms with van der Waals surface area (Å²) in [6.45, 7) is 0.560. The average molecular weight is 485 g/mol. The van der Waals surface area contributed by atoms with Crippen molar-refractivity contribution in [2.24, 2.45) is 4.99 Å². The van der Waals surface area contributed by atoms with E-state index in [9.17, 15) is 13.2 Å². The number of anilines is 1. The first-order valence-corrected chi connectivity index (χ1v) is 8.29. The number of guanidine groups is 1. The number of nitrogens with zero attached hydrogens (tertiary/aromatic N) is 3. The quantitative estimate of drug-likeness (QED) is 0.383. The number of hydrogen-bond acceptors (Lipinski definition) is 3. The third-order valence-corrected chi connectivity index (χ3v) is 4.13. The van der Waals surface area contributed by atoms with E-state index < -0.39 is 12.7 Å². The molecule has 0 aliphatic carbocycles.